The molecule has 3 aromatic carbocycles. The summed E-state index contributed by atoms with van der Waals surface area (Å²) in [7, 11) is -12.8. The quantitative estimate of drug-likeness (QED) is 0.416. The fourth-order valence-corrected chi connectivity index (χ4v) is 3.52. The van der Waals surface area contributed by atoms with Gasteiger partial charge in [-0.1, -0.05) is 53.1 Å². The van der Waals surface area contributed by atoms with Crippen LogP contribution in [0.4, 0.5) is 0 Å². The average Bonchev–Trinajstić information content (AvgIpc) is 2.75. The van der Waals surface area contributed by atoms with Crippen molar-refractivity contribution in [2.75, 3.05) is 0 Å². The molecule has 0 aliphatic carbocycles. The molecule has 0 saturated heterocycles. The Hall–Kier alpha value is -2.23. The van der Waals surface area contributed by atoms with Crippen molar-refractivity contribution in [2.24, 2.45) is 0 Å². The van der Waals surface area contributed by atoms with E-state index in [-0.39, 0.29) is 14.7 Å². The second-order valence-electron chi connectivity index (χ2n) is 6.80. The maximum absolute atomic E-state index is 10.4. The minimum absolute atomic E-state index is 0.178. The molecule has 0 spiro atoms. The number of hydrogen-bond acceptors (Lipinski definition) is 10. The number of rotatable bonds is 3. The van der Waals surface area contributed by atoms with E-state index in [1.807, 2.05) is 20.8 Å². The van der Waals surface area contributed by atoms with Crippen LogP contribution < -0.4 is 0 Å². The van der Waals surface area contributed by atoms with Crippen molar-refractivity contribution in [1.82, 2.24) is 0 Å². The average molecular weight is 581 g/mol. The molecule has 188 valence electrons. The third kappa shape index (κ3) is 13.4. The molecule has 0 aromatic heterocycles. The molecule has 3 aromatic rings. The first kappa shape index (κ1) is 32.8. The molecular formula is C21H21O10S3V. The van der Waals surface area contributed by atoms with Crippen molar-refractivity contribution in [2.45, 2.75) is 35.5 Å². The normalized spacial score (nSPS) is 11.0. The first-order chi connectivity index (χ1) is 16.0. The molecule has 0 unspecified atom stereocenters. The standard InChI is InChI=1S/3C7H8O3S.O.V/c3*1-6-2-4-7(5-3-6)11(8,9)10;;/h3*2-5H,1H3,(H,8,9,10);;/q;;;;+3/p-3. The first-order valence-corrected chi connectivity index (χ1v) is 14.1. The predicted octanol–water partition coefficient (Wildman–Crippen LogP) is 2.58. The number of benzene rings is 3. The third-order valence-electron chi connectivity index (χ3n) is 3.93. The van der Waals surface area contributed by atoms with E-state index in [2.05, 4.69) is 0 Å². The second-order valence-corrected chi connectivity index (χ2v) is 10.9. The maximum atomic E-state index is 10.4. The van der Waals surface area contributed by atoms with Gasteiger partial charge in [-0.15, -0.1) is 0 Å². The Morgan fingerprint density at radius 2 is 0.571 bits per heavy atom. The molecule has 10 nitrogen and oxygen atoms in total. The van der Waals surface area contributed by atoms with Crippen LogP contribution in [-0.2, 0) is 51.4 Å². The molecule has 0 amide bonds. The van der Waals surface area contributed by atoms with Crippen LogP contribution >= 0.6 is 0 Å². The molecule has 0 heterocycles. The van der Waals surface area contributed by atoms with Crippen LogP contribution in [0.3, 0.4) is 0 Å². The zero-order valence-corrected chi connectivity index (χ0v) is 22.5. The Kier molecular flexibility index (Phi) is 13.4. The molecule has 0 radical (unpaired) electrons. The summed E-state index contributed by atoms with van der Waals surface area (Å²) in [5.74, 6) is 0. The van der Waals surface area contributed by atoms with Crippen LogP contribution in [0.25, 0.3) is 0 Å². The molecule has 3 rings (SSSR count). The van der Waals surface area contributed by atoms with Gasteiger partial charge < -0.3 is 13.7 Å². The fraction of sp³-hybridized carbons (Fsp3) is 0.143. The summed E-state index contributed by atoms with van der Waals surface area (Å²) in [6, 6.07) is 17.3. The van der Waals surface area contributed by atoms with Crippen LogP contribution in [0.1, 0.15) is 16.7 Å². The van der Waals surface area contributed by atoms with E-state index in [0.29, 0.717) is 0 Å². The van der Waals surface area contributed by atoms with Gasteiger partial charge in [0.05, 0.1) is 14.7 Å². The molecule has 0 aliphatic heterocycles. The Balaban J connectivity index is 0.000000478. The Morgan fingerprint density at radius 1 is 0.429 bits per heavy atom. The van der Waals surface area contributed by atoms with Gasteiger partial charge in [-0.05, 0) is 57.2 Å². The summed E-state index contributed by atoms with van der Waals surface area (Å²) in [4.78, 5) is -0.533. The number of aryl methyl sites for hydroxylation is 3. The van der Waals surface area contributed by atoms with Crippen molar-refractivity contribution < 1.29 is 60.0 Å². The van der Waals surface area contributed by atoms with E-state index in [1.165, 1.54) is 36.4 Å². The van der Waals surface area contributed by atoms with E-state index in [9.17, 15) is 38.9 Å². The Labute approximate surface area is 214 Å². The van der Waals surface area contributed by atoms with Gasteiger partial charge in [0, 0.05) is 0 Å². The SMILES string of the molecule is Cc1ccc(S(=O)(=O)[O-])cc1.Cc1ccc(S(=O)(=O)[O-])cc1.Cc1ccc(S(=O)(=O)[O-])cc1.[O]=[V+3]. The van der Waals surface area contributed by atoms with Crippen molar-refractivity contribution in [1.29, 1.82) is 0 Å². The van der Waals surface area contributed by atoms with E-state index in [4.69, 9.17) is 3.67 Å². The van der Waals surface area contributed by atoms with Crippen LogP contribution in [0.2, 0.25) is 0 Å². The van der Waals surface area contributed by atoms with Gasteiger partial charge in [-0.3, -0.25) is 0 Å². The molecule has 14 heteroatoms. The molecule has 0 aliphatic rings. The molecule has 0 N–H and O–H groups in total. The Morgan fingerprint density at radius 3 is 0.686 bits per heavy atom. The second kappa shape index (κ2) is 14.4. The van der Waals surface area contributed by atoms with Gasteiger partial charge in [0.15, 0.2) is 0 Å². The fourth-order valence-electron chi connectivity index (χ4n) is 2.11. The summed E-state index contributed by atoms with van der Waals surface area (Å²) >= 11 is 1.06. The van der Waals surface area contributed by atoms with Crippen LogP contribution in [0.15, 0.2) is 87.5 Å². The van der Waals surface area contributed by atoms with Crippen LogP contribution in [0, 0.1) is 20.8 Å². The van der Waals surface area contributed by atoms with E-state index in [0.717, 1.165) is 34.1 Å². The summed E-state index contributed by atoms with van der Waals surface area (Å²) in [6.45, 7) is 5.46. The van der Waals surface area contributed by atoms with E-state index >= 15 is 0 Å². The van der Waals surface area contributed by atoms with E-state index < -0.39 is 30.4 Å². The zero-order valence-electron chi connectivity index (χ0n) is 18.7. The topological polar surface area (TPSA) is 189 Å². The monoisotopic (exact) mass is 580 g/mol. The van der Waals surface area contributed by atoms with Crippen LogP contribution in [-0.4, -0.2) is 38.9 Å². The van der Waals surface area contributed by atoms with Crippen molar-refractivity contribution in [3.8, 4) is 0 Å². The summed E-state index contributed by atoms with van der Waals surface area (Å²) in [6.07, 6.45) is 0. The third-order valence-corrected chi connectivity index (χ3v) is 6.48. The number of hydrogen-bond donors (Lipinski definition) is 0. The van der Waals surface area contributed by atoms with Gasteiger partial charge in [0.1, 0.15) is 30.4 Å². The van der Waals surface area contributed by atoms with Gasteiger partial charge in [-0.2, -0.15) is 0 Å². The molecule has 0 atom stereocenters. The molecule has 0 saturated carbocycles. The van der Waals surface area contributed by atoms with Crippen molar-refractivity contribution >= 4 is 30.4 Å². The molecule has 0 bridgehead atoms. The molecule has 0 fully saturated rings. The van der Waals surface area contributed by atoms with E-state index in [1.54, 1.807) is 36.4 Å². The summed E-state index contributed by atoms with van der Waals surface area (Å²) in [5, 5.41) is 0. The van der Waals surface area contributed by atoms with Gasteiger partial charge in [0.25, 0.3) is 0 Å². The van der Waals surface area contributed by atoms with Gasteiger partial charge >= 0.3 is 21.0 Å². The predicted molar refractivity (Wildman–Crippen MR) is 118 cm³/mol. The van der Waals surface area contributed by atoms with Crippen molar-refractivity contribution in [3.63, 3.8) is 0 Å². The summed E-state index contributed by atoms with van der Waals surface area (Å²) < 4.78 is 102. The van der Waals surface area contributed by atoms with Crippen molar-refractivity contribution in [3.05, 3.63) is 89.5 Å². The van der Waals surface area contributed by atoms with Gasteiger partial charge in [-0.25, -0.2) is 25.3 Å². The Bertz CT molecular complexity index is 1210. The van der Waals surface area contributed by atoms with Gasteiger partial charge in [0.2, 0.25) is 0 Å². The van der Waals surface area contributed by atoms with Crippen LogP contribution in [0.5, 0.6) is 0 Å². The molecule has 35 heavy (non-hydrogen) atoms. The minimum atomic E-state index is -4.27. The molecular weight excluding hydrogens is 559 g/mol. The zero-order chi connectivity index (χ0) is 27.4. The first-order valence-electron chi connectivity index (χ1n) is 9.26. The summed E-state index contributed by atoms with van der Waals surface area (Å²) in [5.41, 5.74) is 2.78.